The number of halogens is 1. The summed E-state index contributed by atoms with van der Waals surface area (Å²) < 4.78 is 3.12. The smallest absolute Gasteiger partial charge is 0.257 e. The van der Waals surface area contributed by atoms with Crippen molar-refractivity contribution in [3.8, 4) is 0 Å². The molecule has 3 aromatic carbocycles. The average Bonchev–Trinajstić information content (AvgIpc) is 2.98. The summed E-state index contributed by atoms with van der Waals surface area (Å²) in [6.45, 7) is 0. The summed E-state index contributed by atoms with van der Waals surface area (Å²) in [6.07, 6.45) is 0. The summed E-state index contributed by atoms with van der Waals surface area (Å²) in [6, 6.07) is 19.0. The molecule has 4 rings (SSSR count). The third-order valence-electron chi connectivity index (χ3n) is 4.22. The molecule has 7 heteroatoms. The van der Waals surface area contributed by atoms with Crippen LogP contribution in [0.2, 0.25) is 5.02 Å². The third-order valence-corrected chi connectivity index (χ3v) is 5.85. The van der Waals surface area contributed by atoms with E-state index in [9.17, 15) is 4.79 Å². The number of benzene rings is 3. The second-order valence-corrected chi connectivity index (χ2v) is 7.76. The maximum Gasteiger partial charge on any atom is 0.257 e. The molecule has 0 aliphatic heterocycles. The van der Waals surface area contributed by atoms with Gasteiger partial charge >= 0.3 is 0 Å². The van der Waals surface area contributed by atoms with Gasteiger partial charge in [0.1, 0.15) is 0 Å². The molecule has 1 N–H and O–H groups in total. The molecule has 0 bridgehead atoms. The molecule has 0 aliphatic carbocycles. The Bertz CT molecular complexity index is 1260. The normalized spacial score (nSPS) is 11.9. The van der Waals surface area contributed by atoms with E-state index < -0.39 is 0 Å². The Balaban J connectivity index is 1.68. The van der Waals surface area contributed by atoms with Gasteiger partial charge in [-0.05, 0) is 47.9 Å². The topological polar surface area (TPSA) is 46.4 Å². The first-order valence-corrected chi connectivity index (χ1v) is 9.76. The Morgan fingerprint density at radius 1 is 1.11 bits per heavy atom. The summed E-state index contributed by atoms with van der Waals surface area (Å²) in [4.78, 5) is 17.4. The van der Waals surface area contributed by atoms with Crippen LogP contribution >= 0.6 is 35.2 Å². The lowest BCUT2D eigenvalue weighted by Crippen LogP contribution is -2.29. The number of carbonyl (C=O) groups excluding carboxylic acids is 1. The van der Waals surface area contributed by atoms with Gasteiger partial charge in [0.25, 0.3) is 5.91 Å². The van der Waals surface area contributed by atoms with Gasteiger partial charge in [-0.3, -0.25) is 10.1 Å². The number of aromatic nitrogens is 1. The van der Waals surface area contributed by atoms with Crippen LogP contribution in [0.15, 0.2) is 65.7 Å². The van der Waals surface area contributed by atoms with Crippen LogP contribution in [0.4, 0.5) is 0 Å². The lowest BCUT2D eigenvalue weighted by molar-refractivity contribution is 0.0977. The molecule has 0 fully saturated rings. The Labute approximate surface area is 169 Å². The van der Waals surface area contributed by atoms with E-state index in [1.807, 2.05) is 23.7 Å². The zero-order valence-corrected chi connectivity index (χ0v) is 16.7. The van der Waals surface area contributed by atoms with Gasteiger partial charge in [0, 0.05) is 23.0 Å². The van der Waals surface area contributed by atoms with Crippen molar-refractivity contribution in [1.29, 1.82) is 0 Å². The average molecular weight is 412 g/mol. The minimum atomic E-state index is -0.311. The lowest BCUT2D eigenvalue weighted by atomic mass is 10.1. The molecule has 1 aromatic heterocycles. The molecule has 1 amide bonds. The van der Waals surface area contributed by atoms with Crippen LogP contribution in [0.1, 0.15) is 10.4 Å². The van der Waals surface area contributed by atoms with E-state index in [2.05, 4.69) is 34.6 Å². The van der Waals surface area contributed by atoms with Gasteiger partial charge in [-0.25, -0.2) is 0 Å². The SMILES string of the molecule is Cn1c(=NC(=S)NC(=O)c2ccc(Cl)cc2)sc2c3ccccc3ccc21. The fraction of sp³-hybridized carbons (Fsp3) is 0.0500. The van der Waals surface area contributed by atoms with E-state index in [1.54, 1.807) is 35.6 Å². The first-order valence-electron chi connectivity index (χ1n) is 8.16. The summed E-state index contributed by atoms with van der Waals surface area (Å²) in [5, 5.41) is 5.70. The Morgan fingerprint density at radius 2 is 1.85 bits per heavy atom. The van der Waals surface area contributed by atoms with E-state index in [-0.39, 0.29) is 11.0 Å². The summed E-state index contributed by atoms with van der Waals surface area (Å²) in [7, 11) is 1.94. The molecule has 4 aromatic rings. The number of aryl methyl sites for hydroxylation is 1. The third kappa shape index (κ3) is 3.51. The highest BCUT2D eigenvalue weighted by Gasteiger charge is 2.10. The zero-order valence-electron chi connectivity index (χ0n) is 14.3. The van der Waals surface area contributed by atoms with Crippen molar-refractivity contribution in [2.75, 3.05) is 0 Å². The molecule has 1 heterocycles. The number of amides is 1. The molecule has 134 valence electrons. The van der Waals surface area contributed by atoms with E-state index in [0.29, 0.717) is 10.6 Å². The second-order valence-electron chi connectivity index (χ2n) is 5.96. The van der Waals surface area contributed by atoms with Crippen molar-refractivity contribution in [2.24, 2.45) is 12.0 Å². The predicted octanol–water partition coefficient (Wildman–Crippen LogP) is 4.66. The van der Waals surface area contributed by atoms with Crippen molar-refractivity contribution in [2.45, 2.75) is 0 Å². The van der Waals surface area contributed by atoms with Crippen LogP contribution in [-0.2, 0) is 7.05 Å². The van der Waals surface area contributed by atoms with Crippen LogP contribution in [0.3, 0.4) is 0 Å². The van der Waals surface area contributed by atoms with Crippen LogP contribution in [0.5, 0.6) is 0 Å². The molecule has 0 atom stereocenters. The van der Waals surface area contributed by atoms with Crippen molar-refractivity contribution in [1.82, 2.24) is 9.88 Å². The zero-order chi connectivity index (χ0) is 19.0. The fourth-order valence-electron chi connectivity index (χ4n) is 2.85. The van der Waals surface area contributed by atoms with E-state index in [1.165, 1.54) is 10.8 Å². The van der Waals surface area contributed by atoms with Gasteiger partial charge in [-0.15, -0.1) is 0 Å². The largest absolute Gasteiger partial charge is 0.319 e. The van der Waals surface area contributed by atoms with Gasteiger partial charge < -0.3 is 4.57 Å². The summed E-state index contributed by atoms with van der Waals surface area (Å²) in [5.74, 6) is -0.311. The highest BCUT2D eigenvalue weighted by Crippen LogP contribution is 2.27. The number of hydrogen-bond donors (Lipinski definition) is 1. The number of hydrogen-bond acceptors (Lipinski definition) is 3. The number of nitrogens with one attached hydrogen (secondary N) is 1. The molecule has 4 nitrogen and oxygen atoms in total. The first-order chi connectivity index (χ1) is 13.0. The van der Waals surface area contributed by atoms with Crippen molar-refractivity contribution < 1.29 is 4.79 Å². The molecular weight excluding hydrogens is 398 g/mol. The summed E-state index contributed by atoms with van der Waals surface area (Å²) in [5.41, 5.74) is 1.55. The van der Waals surface area contributed by atoms with E-state index >= 15 is 0 Å². The monoisotopic (exact) mass is 411 g/mol. The predicted molar refractivity (Wildman–Crippen MR) is 115 cm³/mol. The number of thiocarbonyl (C=S) groups is 1. The molecule has 0 aliphatic rings. The number of thiazole rings is 1. The number of nitrogens with zero attached hydrogens (tertiary/aromatic N) is 2. The lowest BCUT2D eigenvalue weighted by Gasteiger charge is -2.02. The van der Waals surface area contributed by atoms with E-state index in [4.69, 9.17) is 23.8 Å². The summed E-state index contributed by atoms with van der Waals surface area (Å²) >= 11 is 12.7. The van der Waals surface area contributed by atoms with Crippen LogP contribution in [-0.4, -0.2) is 15.6 Å². The number of rotatable bonds is 1. The van der Waals surface area contributed by atoms with Gasteiger partial charge in [-0.2, -0.15) is 4.99 Å². The first kappa shape index (κ1) is 17.9. The maximum atomic E-state index is 12.3. The van der Waals surface area contributed by atoms with Crippen LogP contribution in [0, 0.1) is 0 Å². The highest BCUT2D eigenvalue weighted by atomic mass is 35.5. The second kappa shape index (κ2) is 7.23. The van der Waals surface area contributed by atoms with Gasteiger partial charge in [-0.1, -0.05) is 53.3 Å². The highest BCUT2D eigenvalue weighted by molar-refractivity contribution is 7.80. The van der Waals surface area contributed by atoms with Gasteiger partial charge in [0.2, 0.25) is 5.11 Å². The minimum absolute atomic E-state index is 0.126. The maximum absolute atomic E-state index is 12.3. The quantitative estimate of drug-likeness (QED) is 0.463. The van der Waals surface area contributed by atoms with Crippen LogP contribution in [0.25, 0.3) is 21.0 Å². The van der Waals surface area contributed by atoms with Crippen molar-refractivity contribution >= 4 is 67.2 Å². The molecule has 0 radical (unpaired) electrons. The molecule has 0 spiro atoms. The molecule has 27 heavy (non-hydrogen) atoms. The van der Waals surface area contributed by atoms with Gasteiger partial charge in [0.15, 0.2) is 4.80 Å². The van der Waals surface area contributed by atoms with E-state index in [0.717, 1.165) is 15.0 Å². The molecule has 0 unspecified atom stereocenters. The fourth-order valence-corrected chi connectivity index (χ4v) is 4.37. The molecule has 0 saturated carbocycles. The Hall–Kier alpha value is -2.54. The minimum Gasteiger partial charge on any atom is -0.319 e. The van der Waals surface area contributed by atoms with Crippen LogP contribution < -0.4 is 10.1 Å². The molecular formula is C20H14ClN3OS2. The van der Waals surface area contributed by atoms with Crippen molar-refractivity contribution in [3.63, 3.8) is 0 Å². The molecule has 0 saturated heterocycles. The standard InChI is InChI=1S/C20H14ClN3OS2/c1-24-16-11-8-12-4-2-3-5-15(12)17(16)27-20(24)23-19(26)22-18(25)13-6-9-14(21)10-7-13/h2-11H,1H3,(H,22,25,26). The van der Waals surface area contributed by atoms with Gasteiger partial charge in [0.05, 0.1) is 10.2 Å². The number of carbonyl (C=O) groups is 1. The Kier molecular flexibility index (Phi) is 4.78. The van der Waals surface area contributed by atoms with Crippen molar-refractivity contribution in [3.05, 3.63) is 76.1 Å². The Morgan fingerprint density at radius 3 is 2.63 bits per heavy atom. The number of fused-ring (bicyclic) bond motifs is 3.